The summed E-state index contributed by atoms with van der Waals surface area (Å²) in [4.78, 5) is 35.2. The first-order chi connectivity index (χ1) is 20.7. The third-order valence-corrected chi connectivity index (χ3v) is 7.08. The van der Waals surface area contributed by atoms with E-state index in [1.54, 1.807) is 12.1 Å². The molecule has 1 aliphatic heterocycles. The van der Waals surface area contributed by atoms with Gasteiger partial charge in [-0.15, -0.1) is 5.10 Å². The van der Waals surface area contributed by atoms with Crippen molar-refractivity contribution in [3.8, 4) is 12.1 Å². The molecule has 7 N–H and O–H groups in total. The Balaban J connectivity index is 0.00000529. The number of carbonyl (C=O) groups excluding carboxylic acids is 2. The number of benzene rings is 1. The third-order valence-electron chi connectivity index (χ3n) is 6.69. The highest BCUT2D eigenvalue weighted by Gasteiger charge is 2.35. The molecule has 1 aromatic carbocycles. The molecule has 0 bridgehead atoms. The van der Waals surface area contributed by atoms with Crippen molar-refractivity contribution in [3.63, 3.8) is 0 Å². The molecule has 4 rings (SSSR count). The molecule has 1 amide bonds. The first-order valence-electron chi connectivity index (χ1n) is 13.4. The predicted octanol–water partition coefficient (Wildman–Crippen LogP) is 1.86. The van der Waals surface area contributed by atoms with Gasteiger partial charge in [0.2, 0.25) is 5.95 Å². The number of methoxy groups -OCH3 is 1. The number of piperidine rings is 1. The van der Waals surface area contributed by atoms with Crippen molar-refractivity contribution in [2.45, 2.75) is 45.4 Å². The van der Waals surface area contributed by atoms with E-state index in [4.69, 9.17) is 32.5 Å². The highest BCUT2D eigenvalue weighted by atomic mass is 35.5. The number of halogens is 1. The van der Waals surface area contributed by atoms with Crippen molar-refractivity contribution in [1.29, 1.82) is 10.5 Å². The lowest BCUT2D eigenvalue weighted by Gasteiger charge is -2.40. The Hall–Kier alpha value is -4.90. The van der Waals surface area contributed by atoms with Gasteiger partial charge in [0.05, 0.1) is 53.9 Å². The van der Waals surface area contributed by atoms with Gasteiger partial charge in [-0.05, 0) is 38.4 Å². The Morgan fingerprint density at radius 2 is 2.07 bits per heavy atom. The molecule has 2 aromatic heterocycles. The van der Waals surface area contributed by atoms with Crippen LogP contribution in [0.3, 0.4) is 0 Å². The number of nitrogens with two attached hydrogens (primary N) is 2. The number of esters is 1. The highest BCUT2D eigenvalue weighted by Crippen LogP contribution is 2.37. The first-order valence-corrected chi connectivity index (χ1v) is 13.8. The van der Waals surface area contributed by atoms with Gasteiger partial charge in [-0.3, -0.25) is 4.79 Å². The number of rotatable bonds is 10. The standard InChI is InChI=1S/C26H31ClN12O4.CH4/c1-3-32-22-23-33-12-15(11-30)39(23)37-25(36-22)34-18-8-14(10-29)9-19(21(18)27)38-7-5-17(35-26(41)42-2)20(13-38)43-24(40)16(31)4-6-28;/h8-9,12,16-17,20H,3-7,13,28,31H2,1-2H3,(H,35,41)(H2,32,34,36,37);1H4/t16-,17+,20+;/m0./s1. The molecule has 0 radical (unpaired) electrons. The minimum Gasteiger partial charge on any atom is -0.457 e. The maximum Gasteiger partial charge on any atom is 0.407 e. The fraction of sp³-hybridized carbons (Fsp3) is 0.444. The molecule has 44 heavy (non-hydrogen) atoms. The molecule has 0 saturated carbocycles. The van der Waals surface area contributed by atoms with E-state index in [9.17, 15) is 20.1 Å². The molecule has 234 valence electrons. The number of nitrogens with zero attached hydrogens (tertiary/aromatic N) is 7. The van der Waals surface area contributed by atoms with Crippen LogP contribution in [0.25, 0.3) is 5.65 Å². The normalized spacial score (nSPS) is 16.6. The van der Waals surface area contributed by atoms with Gasteiger partial charge in [-0.1, -0.05) is 19.0 Å². The molecule has 1 aliphatic rings. The number of ether oxygens (including phenoxy) is 2. The fourth-order valence-electron chi connectivity index (χ4n) is 4.58. The zero-order chi connectivity index (χ0) is 31.1. The van der Waals surface area contributed by atoms with Crippen LogP contribution in [-0.2, 0) is 14.3 Å². The van der Waals surface area contributed by atoms with E-state index in [1.165, 1.54) is 17.8 Å². The van der Waals surface area contributed by atoms with E-state index in [1.807, 2.05) is 17.9 Å². The van der Waals surface area contributed by atoms with Gasteiger partial charge in [-0.2, -0.15) is 20.0 Å². The number of carbonyl (C=O) groups is 2. The van der Waals surface area contributed by atoms with Gasteiger partial charge in [0, 0.05) is 13.1 Å². The Morgan fingerprint density at radius 1 is 1.30 bits per heavy atom. The summed E-state index contributed by atoms with van der Waals surface area (Å²) >= 11 is 6.88. The van der Waals surface area contributed by atoms with Gasteiger partial charge in [0.1, 0.15) is 18.2 Å². The molecule has 0 aliphatic carbocycles. The number of nitriles is 2. The second-order valence-corrected chi connectivity index (χ2v) is 9.91. The first kappa shape index (κ1) is 33.6. The molecule has 0 unspecified atom stereocenters. The van der Waals surface area contributed by atoms with Crippen LogP contribution in [-0.4, -0.2) is 83.1 Å². The summed E-state index contributed by atoms with van der Waals surface area (Å²) < 4.78 is 11.8. The molecular weight excluding hydrogens is 592 g/mol. The molecular formula is C27H35ClN12O4. The zero-order valence-electron chi connectivity index (χ0n) is 23.5. The van der Waals surface area contributed by atoms with Gasteiger partial charge in [0.25, 0.3) is 0 Å². The van der Waals surface area contributed by atoms with Gasteiger partial charge in [-0.25, -0.2) is 9.78 Å². The number of hydrogen-bond acceptors (Lipinski definition) is 14. The zero-order valence-corrected chi connectivity index (χ0v) is 24.3. The number of imidazole rings is 1. The molecule has 0 spiro atoms. The maximum atomic E-state index is 12.7. The van der Waals surface area contributed by atoms with E-state index >= 15 is 0 Å². The fourth-order valence-corrected chi connectivity index (χ4v) is 4.85. The molecule has 1 saturated heterocycles. The summed E-state index contributed by atoms with van der Waals surface area (Å²) in [5, 5.41) is 32.8. The molecule has 1 fully saturated rings. The lowest BCUT2D eigenvalue weighted by atomic mass is 10.00. The summed E-state index contributed by atoms with van der Waals surface area (Å²) in [5.74, 6) is -0.164. The Bertz CT molecular complexity index is 1580. The van der Waals surface area contributed by atoms with Crippen LogP contribution in [0.5, 0.6) is 0 Å². The Morgan fingerprint density at radius 3 is 2.73 bits per heavy atom. The molecule has 3 heterocycles. The van der Waals surface area contributed by atoms with Crippen molar-refractivity contribution in [1.82, 2.24) is 24.9 Å². The topological polar surface area (TPSA) is 235 Å². The highest BCUT2D eigenvalue weighted by molar-refractivity contribution is 6.36. The number of fused-ring (bicyclic) bond motifs is 1. The molecule has 16 nitrogen and oxygen atoms in total. The van der Waals surface area contributed by atoms with Crippen LogP contribution < -0.4 is 32.3 Å². The van der Waals surface area contributed by atoms with Gasteiger partial charge in [0.15, 0.2) is 17.2 Å². The predicted molar refractivity (Wildman–Crippen MR) is 164 cm³/mol. The largest absolute Gasteiger partial charge is 0.457 e. The summed E-state index contributed by atoms with van der Waals surface area (Å²) in [6.45, 7) is 3.14. The van der Waals surface area contributed by atoms with Crippen molar-refractivity contribution < 1.29 is 19.1 Å². The number of aromatic nitrogens is 4. The van der Waals surface area contributed by atoms with Crippen molar-refractivity contribution >= 4 is 52.5 Å². The minimum atomic E-state index is -0.929. The van der Waals surface area contributed by atoms with E-state index in [0.717, 1.165) is 0 Å². The van der Waals surface area contributed by atoms with Crippen LogP contribution in [0, 0.1) is 22.7 Å². The summed E-state index contributed by atoms with van der Waals surface area (Å²) in [6, 6.07) is 5.82. The Labute approximate surface area is 259 Å². The number of amides is 1. The minimum absolute atomic E-state index is 0. The number of hydrogen-bond donors (Lipinski definition) is 5. The lowest BCUT2D eigenvalue weighted by Crippen LogP contribution is -2.56. The molecule has 3 aromatic rings. The van der Waals surface area contributed by atoms with Gasteiger partial charge < -0.3 is 41.8 Å². The smallest absolute Gasteiger partial charge is 0.407 e. The number of anilines is 4. The average molecular weight is 627 g/mol. The van der Waals surface area contributed by atoms with Crippen LogP contribution in [0.15, 0.2) is 18.3 Å². The maximum absolute atomic E-state index is 12.7. The van der Waals surface area contributed by atoms with Crippen molar-refractivity contribution in [3.05, 3.63) is 34.6 Å². The summed E-state index contributed by atoms with van der Waals surface area (Å²) in [6.07, 6.45) is 0.488. The summed E-state index contributed by atoms with van der Waals surface area (Å²) in [7, 11) is 1.24. The van der Waals surface area contributed by atoms with E-state index in [2.05, 4.69) is 37.1 Å². The third kappa shape index (κ3) is 7.35. The van der Waals surface area contributed by atoms with E-state index in [-0.39, 0.29) is 49.2 Å². The second-order valence-electron chi connectivity index (χ2n) is 9.54. The molecule has 3 atom stereocenters. The Kier molecular flexibility index (Phi) is 11.5. The molecule has 17 heteroatoms. The van der Waals surface area contributed by atoms with Crippen LogP contribution in [0.1, 0.15) is 38.4 Å². The lowest BCUT2D eigenvalue weighted by molar-refractivity contribution is -0.152. The monoisotopic (exact) mass is 626 g/mol. The van der Waals surface area contributed by atoms with E-state index in [0.29, 0.717) is 42.4 Å². The van der Waals surface area contributed by atoms with Crippen molar-refractivity contribution in [2.75, 3.05) is 48.8 Å². The number of alkyl carbamates (subject to hydrolysis) is 1. The van der Waals surface area contributed by atoms with Gasteiger partial charge >= 0.3 is 12.1 Å². The van der Waals surface area contributed by atoms with Crippen LogP contribution >= 0.6 is 11.6 Å². The van der Waals surface area contributed by atoms with Crippen molar-refractivity contribution in [2.24, 2.45) is 11.5 Å². The SMILES string of the molecule is C.CCNc1nc(Nc2cc(C#N)cc(N3CC[C@@H](NC(=O)OC)[C@H](OC(=O)[C@@H](N)CCN)C3)c2Cl)nn2c(C#N)cnc12. The second kappa shape index (κ2) is 15.0. The average Bonchev–Trinajstić information content (AvgIpc) is 3.42. The number of nitrogens with one attached hydrogen (secondary N) is 3. The van der Waals surface area contributed by atoms with E-state index < -0.39 is 30.3 Å². The van der Waals surface area contributed by atoms with Crippen LogP contribution in [0.2, 0.25) is 5.02 Å². The van der Waals surface area contributed by atoms with Crippen LogP contribution in [0.4, 0.5) is 27.9 Å². The summed E-state index contributed by atoms with van der Waals surface area (Å²) in [5.41, 5.74) is 13.1. The quantitative estimate of drug-likeness (QED) is 0.202.